The molecule has 0 amide bonds. The number of hydrogen-bond donors (Lipinski definition) is 0. The summed E-state index contributed by atoms with van der Waals surface area (Å²) in [5.41, 5.74) is 3.27. The average molecular weight is 276 g/mol. The summed E-state index contributed by atoms with van der Waals surface area (Å²) in [4.78, 5) is 11.4. The fourth-order valence-corrected chi connectivity index (χ4v) is 2.61. The molecule has 0 aliphatic heterocycles. The number of rotatable bonds is 1. The van der Waals surface area contributed by atoms with Crippen LogP contribution in [0.5, 0.6) is 0 Å². The van der Waals surface area contributed by atoms with Crippen molar-refractivity contribution in [3.05, 3.63) is 58.7 Å². The van der Waals surface area contributed by atoms with E-state index in [-0.39, 0.29) is 5.78 Å². The van der Waals surface area contributed by atoms with Gasteiger partial charge in [-0.3, -0.25) is 4.79 Å². The summed E-state index contributed by atoms with van der Waals surface area (Å²) in [6.45, 7) is 1.48. The van der Waals surface area contributed by atoms with Crippen LogP contribution in [0.1, 0.15) is 34.0 Å². The van der Waals surface area contributed by atoms with E-state index < -0.39 is 11.7 Å². The van der Waals surface area contributed by atoms with Gasteiger partial charge in [0.25, 0.3) is 0 Å². The topological polar surface area (TPSA) is 17.1 Å². The second kappa shape index (κ2) is 4.20. The van der Waals surface area contributed by atoms with Gasteiger partial charge >= 0.3 is 6.18 Å². The zero-order valence-corrected chi connectivity index (χ0v) is 10.7. The number of Topliss-reactive ketones (excluding diaryl/α,β-unsaturated/α-hetero) is 1. The lowest BCUT2D eigenvalue weighted by Crippen LogP contribution is -2.05. The Bertz CT molecular complexity index is 714. The van der Waals surface area contributed by atoms with Gasteiger partial charge in [-0.25, -0.2) is 0 Å². The molecule has 0 spiro atoms. The van der Waals surface area contributed by atoms with Crippen LogP contribution in [-0.2, 0) is 12.6 Å². The summed E-state index contributed by atoms with van der Waals surface area (Å²) in [7, 11) is 0. The van der Waals surface area contributed by atoms with E-state index in [4.69, 9.17) is 0 Å². The monoisotopic (exact) mass is 276 g/mol. The fourth-order valence-electron chi connectivity index (χ4n) is 2.61. The van der Waals surface area contributed by atoms with Crippen molar-refractivity contribution in [2.45, 2.75) is 19.5 Å². The number of halogens is 3. The first-order valence-electron chi connectivity index (χ1n) is 6.20. The number of ketones is 1. The van der Waals surface area contributed by atoms with Gasteiger partial charge in [0, 0.05) is 5.56 Å². The Hall–Kier alpha value is -2.10. The first kappa shape index (κ1) is 12.9. The minimum absolute atomic E-state index is 0.0419. The molecule has 1 nitrogen and oxygen atoms in total. The van der Waals surface area contributed by atoms with Crippen LogP contribution in [0.15, 0.2) is 36.4 Å². The van der Waals surface area contributed by atoms with Crippen molar-refractivity contribution >= 4 is 5.78 Å². The molecule has 20 heavy (non-hydrogen) atoms. The molecule has 0 atom stereocenters. The van der Waals surface area contributed by atoms with Crippen LogP contribution >= 0.6 is 0 Å². The Labute approximate surface area is 114 Å². The third kappa shape index (κ3) is 2.01. The molecule has 0 N–H and O–H groups in total. The van der Waals surface area contributed by atoms with Crippen molar-refractivity contribution in [2.75, 3.05) is 0 Å². The zero-order chi connectivity index (χ0) is 14.5. The van der Waals surface area contributed by atoms with Crippen LogP contribution in [0.3, 0.4) is 0 Å². The van der Waals surface area contributed by atoms with E-state index >= 15 is 0 Å². The number of carbonyl (C=O) groups is 1. The molecule has 2 aromatic carbocycles. The third-order valence-electron chi connectivity index (χ3n) is 3.62. The summed E-state index contributed by atoms with van der Waals surface area (Å²) in [5.74, 6) is -0.0419. The molecule has 0 bridgehead atoms. The molecule has 0 heterocycles. The van der Waals surface area contributed by atoms with Crippen molar-refractivity contribution in [3.8, 4) is 11.1 Å². The largest absolute Gasteiger partial charge is 0.416 e. The summed E-state index contributed by atoms with van der Waals surface area (Å²) in [6.07, 6.45) is -3.88. The van der Waals surface area contributed by atoms with Crippen molar-refractivity contribution in [1.29, 1.82) is 0 Å². The second-order valence-electron chi connectivity index (χ2n) is 4.97. The van der Waals surface area contributed by atoms with Crippen molar-refractivity contribution in [2.24, 2.45) is 0 Å². The van der Waals surface area contributed by atoms with E-state index in [2.05, 4.69) is 0 Å². The fraction of sp³-hybridized carbons (Fsp3) is 0.188. The van der Waals surface area contributed by atoms with Gasteiger partial charge in [0.15, 0.2) is 5.78 Å². The maximum Gasteiger partial charge on any atom is 0.416 e. The maximum absolute atomic E-state index is 12.7. The molecule has 2 aromatic rings. The van der Waals surface area contributed by atoms with Crippen LogP contribution < -0.4 is 0 Å². The first-order chi connectivity index (χ1) is 9.36. The highest BCUT2D eigenvalue weighted by molar-refractivity contribution is 5.95. The molecular weight excluding hydrogens is 265 g/mol. The molecule has 0 aromatic heterocycles. The molecule has 0 unspecified atom stereocenters. The van der Waals surface area contributed by atoms with Gasteiger partial charge in [-0.15, -0.1) is 0 Å². The van der Waals surface area contributed by atoms with Crippen LogP contribution in [0.25, 0.3) is 11.1 Å². The van der Waals surface area contributed by atoms with Crippen molar-refractivity contribution in [1.82, 2.24) is 0 Å². The SMILES string of the molecule is CC(=O)c1ccc2c(c1)Cc1cc(C(F)(F)F)ccc1-2. The smallest absolute Gasteiger partial charge is 0.295 e. The Morgan fingerprint density at radius 1 is 1.00 bits per heavy atom. The normalized spacial score (nSPS) is 13.0. The molecular formula is C16H11F3O. The van der Waals surface area contributed by atoms with Gasteiger partial charge < -0.3 is 0 Å². The van der Waals surface area contributed by atoms with E-state index in [0.717, 1.165) is 22.8 Å². The number of alkyl halides is 3. The summed E-state index contributed by atoms with van der Waals surface area (Å²) in [6, 6.07) is 9.11. The quantitative estimate of drug-likeness (QED) is 0.599. The van der Waals surface area contributed by atoms with Gasteiger partial charge in [0.05, 0.1) is 5.56 Å². The standard InChI is InChI=1S/C16H11F3O/c1-9(20)10-2-4-14-11(6-10)7-12-8-13(16(17,18)19)3-5-15(12)14/h2-6,8H,7H2,1H3. The van der Waals surface area contributed by atoms with Crippen LogP contribution in [0, 0.1) is 0 Å². The van der Waals surface area contributed by atoms with E-state index in [1.807, 2.05) is 6.07 Å². The van der Waals surface area contributed by atoms with Crippen molar-refractivity contribution in [3.63, 3.8) is 0 Å². The van der Waals surface area contributed by atoms with Gasteiger partial charge in [0.2, 0.25) is 0 Å². The van der Waals surface area contributed by atoms with Crippen molar-refractivity contribution < 1.29 is 18.0 Å². The highest BCUT2D eigenvalue weighted by atomic mass is 19.4. The predicted molar refractivity (Wildman–Crippen MR) is 69.7 cm³/mol. The average Bonchev–Trinajstić information content (AvgIpc) is 2.73. The maximum atomic E-state index is 12.7. The van der Waals surface area contributed by atoms with Crippen LogP contribution in [0.4, 0.5) is 13.2 Å². The van der Waals surface area contributed by atoms with E-state index in [1.54, 1.807) is 12.1 Å². The predicted octanol–water partition coefficient (Wildman–Crippen LogP) is 4.48. The molecule has 1 aliphatic rings. The highest BCUT2D eigenvalue weighted by Crippen LogP contribution is 2.40. The Balaban J connectivity index is 2.08. The molecule has 102 valence electrons. The molecule has 0 saturated carbocycles. The lowest BCUT2D eigenvalue weighted by Gasteiger charge is -2.08. The number of fused-ring (bicyclic) bond motifs is 3. The molecule has 3 rings (SSSR count). The summed E-state index contributed by atoms with van der Waals surface area (Å²) in [5, 5.41) is 0. The molecule has 0 radical (unpaired) electrons. The minimum Gasteiger partial charge on any atom is -0.295 e. The van der Waals surface area contributed by atoms with Gasteiger partial charge in [0.1, 0.15) is 0 Å². The highest BCUT2D eigenvalue weighted by Gasteiger charge is 2.32. The lowest BCUT2D eigenvalue weighted by atomic mass is 10.0. The first-order valence-corrected chi connectivity index (χ1v) is 6.20. The van der Waals surface area contributed by atoms with Gasteiger partial charge in [-0.1, -0.05) is 18.2 Å². The Morgan fingerprint density at radius 3 is 2.20 bits per heavy atom. The second-order valence-corrected chi connectivity index (χ2v) is 4.97. The Kier molecular flexibility index (Phi) is 2.71. The number of hydrogen-bond acceptors (Lipinski definition) is 1. The molecule has 0 fully saturated rings. The van der Waals surface area contributed by atoms with Crippen LogP contribution in [0.2, 0.25) is 0 Å². The summed E-state index contributed by atoms with van der Waals surface area (Å²) >= 11 is 0. The minimum atomic E-state index is -4.33. The third-order valence-corrected chi connectivity index (χ3v) is 3.62. The lowest BCUT2D eigenvalue weighted by molar-refractivity contribution is -0.137. The van der Waals surface area contributed by atoms with Gasteiger partial charge in [-0.2, -0.15) is 13.2 Å². The zero-order valence-electron chi connectivity index (χ0n) is 10.7. The molecule has 4 heteroatoms. The van der Waals surface area contributed by atoms with E-state index in [0.29, 0.717) is 17.5 Å². The van der Waals surface area contributed by atoms with E-state index in [9.17, 15) is 18.0 Å². The molecule has 0 saturated heterocycles. The Morgan fingerprint density at radius 2 is 1.60 bits per heavy atom. The van der Waals surface area contributed by atoms with Gasteiger partial charge in [-0.05, 0) is 53.8 Å². The number of carbonyl (C=O) groups excluding carboxylic acids is 1. The summed E-state index contributed by atoms with van der Waals surface area (Å²) < 4.78 is 38.1. The molecule has 1 aliphatic carbocycles. The van der Waals surface area contributed by atoms with E-state index in [1.165, 1.54) is 19.1 Å². The number of benzene rings is 2. The van der Waals surface area contributed by atoms with Crippen LogP contribution in [-0.4, -0.2) is 5.78 Å².